The molecule has 1 atom stereocenters. The van der Waals surface area contributed by atoms with Gasteiger partial charge in [0.15, 0.2) is 0 Å². The number of hydrogen-bond donors (Lipinski definition) is 3. The zero-order valence-electron chi connectivity index (χ0n) is 21.3. The number of H-pyrrole nitrogens is 1. The van der Waals surface area contributed by atoms with Gasteiger partial charge < -0.3 is 29.8 Å². The molecule has 4 aromatic rings. The SMILES string of the molecule is CCOCCc1cccc2[nH]c(C(=O)Nc3ccc(O[C@H]4CCN(c5ccc(C(=O)O)cc5)C4)cc3)cc12. The molecule has 2 heterocycles. The minimum Gasteiger partial charge on any atom is -0.489 e. The quantitative estimate of drug-likeness (QED) is 0.247. The van der Waals surface area contributed by atoms with Crippen molar-refractivity contribution in [1.29, 1.82) is 0 Å². The molecule has 3 N–H and O–H groups in total. The van der Waals surface area contributed by atoms with Crippen molar-refractivity contribution in [3.05, 3.63) is 89.6 Å². The Morgan fingerprint density at radius 1 is 1.08 bits per heavy atom. The van der Waals surface area contributed by atoms with Gasteiger partial charge in [0.2, 0.25) is 0 Å². The molecule has 5 rings (SSSR count). The van der Waals surface area contributed by atoms with Crippen LogP contribution in [0.4, 0.5) is 11.4 Å². The van der Waals surface area contributed by atoms with E-state index in [4.69, 9.17) is 14.6 Å². The number of fused-ring (bicyclic) bond motifs is 1. The predicted octanol–water partition coefficient (Wildman–Crippen LogP) is 5.36. The van der Waals surface area contributed by atoms with Crippen LogP contribution in [0.1, 0.15) is 39.8 Å². The summed E-state index contributed by atoms with van der Waals surface area (Å²) in [5.41, 5.74) is 4.53. The number of carbonyl (C=O) groups excluding carboxylic acids is 1. The highest BCUT2D eigenvalue weighted by Crippen LogP contribution is 2.26. The van der Waals surface area contributed by atoms with E-state index in [0.717, 1.165) is 53.8 Å². The summed E-state index contributed by atoms with van der Waals surface area (Å²) in [5.74, 6) is -0.394. The van der Waals surface area contributed by atoms with Crippen molar-refractivity contribution in [1.82, 2.24) is 4.98 Å². The molecule has 196 valence electrons. The van der Waals surface area contributed by atoms with Gasteiger partial charge in [0.05, 0.1) is 18.7 Å². The van der Waals surface area contributed by atoms with Gasteiger partial charge >= 0.3 is 5.97 Å². The van der Waals surface area contributed by atoms with Gasteiger partial charge in [0, 0.05) is 41.9 Å². The molecule has 1 aliphatic rings. The Hall–Kier alpha value is -4.30. The topological polar surface area (TPSA) is 104 Å². The fourth-order valence-electron chi connectivity index (χ4n) is 4.77. The van der Waals surface area contributed by atoms with E-state index in [0.29, 0.717) is 24.6 Å². The second-order valence-electron chi connectivity index (χ2n) is 9.31. The number of nitrogens with one attached hydrogen (secondary N) is 2. The number of aromatic amines is 1. The minimum absolute atomic E-state index is 0.0258. The van der Waals surface area contributed by atoms with Crippen LogP contribution < -0.4 is 15.0 Å². The van der Waals surface area contributed by atoms with Crippen LogP contribution in [-0.4, -0.2) is 54.4 Å². The summed E-state index contributed by atoms with van der Waals surface area (Å²) in [5, 5.41) is 13.1. The van der Waals surface area contributed by atoms with Gasteiger partial charge in [-0.15, -0.1) is 0 Å². The third-order valence-corrected chi connectivity index (χ3v) is 6.76. The summed E-state index contributed by atoms with van der Waals surface area (Å²) >= 11 is 0. The number of amides is 1. The molecule has 38 heavy (non-hydrogen) atoms. The molecule has 0 bridgehead atoms. The van der Waals surface area contributed by atoms with Gasteiger partial charge in [-0.3, -0.25) is 4.79 Å². The monoisotopic (exact) mass is 513 g/mol. The highest BCUT2D eigenvalue weighted by Gasteiger charge is 2.24. The molecule has 0 unspecified atom stereocenters. The van der Waals surface area contributed by atoms with Crippen molar-refractivity contribution in [2.75, 3.05) is 36.5 Å². The number of ether oxygens (including phenoxy) is 2. The molecule has 1 aliphatic heterocycles. The van der Waals surface area contributed by atoms with Crippen molar-refractivity contribution in [3.8, 4) is 5.75 Å². The third kappa shape index (κ3) is 5.81. The Balaban J connectivity index is 1.17. The van der Waals surface area contributed by atoms with Gasteiger partial charge in [0.1, 0.15) is 17.5 Å². The Morgan fingerprint density at radius 2 is 1.87 bits per heavy atom. The normalized spacial score (nSPS) is 15.1. The van der Waals surface area contributed by atoms with E-state index in [1.165, 1.54) is 0 Å². The van der Waals surface area contributed by atoms with E-state index in [1.807, 2.05) is 61.5 Å². The fraction of sp³-hybridized carbons (Fsp3) is 0.267. The Bertz CT molecular complexity index is 1410. The summed E-state index contributed by atoms with van der Waals surface area (Å²) in [4.78, 5) is 29.4. The zero-order valence-corrected chi connectivity index (χ0v) is 21.3. The number of aromatic nitrogens is 1. The van der Waals surface area contributed by atoms with Crippen LogP contribution in [0.2, 0.25) is 0 Å². The molecule has 1 amide bonds. The number of anilines is 2. The van der Waals surface area contributed by atoms with Gasteiger partial charge in [-0.05, 0) is 79.6 Å². The van der Waals surface area contributed by atoms with Crippen molar-refractivity contribution >= 4 is 34.2 Å². The molecule has 0 saturated carbocycles. The minimum atomic E-state index is -0.928. The molecule has 1 aromatic heterocycles. The summed E-state index contributed by atoms with van der Waals surface area (Å²) in [6, 6.07) is 22.2. The van der Waals surface area contributed by atoms with Gasteiger partial charge in [-0.1, -0.05) is 12.1 Å². The van der Waals surface area contributed by atoms with E-state index in [9.17, 15) is 9.59 Å². The first-order valence-corrected chi connectivity index (χ1v) is 12.8. The third-order valence-electron chi connectivity index (χ3n) is 6.76. The van der Waals surface area contributed by atoms with Gasteiger partial charge in [-0.2, -0.15) is 0 Å². The van der Waals surface area contributed by atoms with E-state index in [-0.39, 0.29) is 17.6 Å². The van der Waals surface area contributed by atoms with Crippen LogP contribution in [0.25, 0.3) is 10.9 Å². The van der Waals surface area contributed by atoms with Crippen LogP contribution in [-0.2, 0) is 11.2 Å². The summed E-state index contributed by atoms with van der Waals surface area (Å²) in [7, 11) is 0. The highest BCUT2D eigenvalue weighted by atomic mass is 16.5. The molecule has 8 nitrogen and oxygen atoms in total. The molecule has 0 radical (unpaired) electrons. The zero-order chi connectivity index (χ0) is 26.5. The average Bonchev–Trinajstić information content (AvgIpc) is 3.58. The Morgan fingerprint density at radius 3 is 2.61 bits per heavy atom. The molecule has 0 spiro atoms. The number of benzene rings is 3. The van der Waals surface area contributed by atoms with Crippen LogP contribution in [0.15, 0.2) is 72.8 Å². The van der Waals surface area contributed by atoms with Crippen molar-refractivity contribution in [2.24, 2.45) is 0 Å². The highest BCUT2D eigenvalue weighted by molar-refractivity contribution is 6.06. The molecular weight excluding hydrogens is 482 g/mol. The van der Waals surface area contributed by atoms with E-state index >= 15 is 0 Å². The summed E-state index contributed by atoms with van der Waals surface area (Å²) in [6.45, 7) is 4.87. The first-order valence-electron chi connectivity index (χ1n) is 12.8. The van der Waals surface area contributed by atoms with Crippen LogP contribution in [0.3, 0.4) is 0 Å². The summed E-state index contributed by atoms with van der Waals surface area (Å²) < 4.78 is 11.6. The van der Waals surface area contributed by atoms with Crippen molar-refractivity contribution in [3.63, 3.8) is 0 Å². The second-order valence-corrected chi connectivity index (χ2v) is 9.31. The van der Waals surface area contributed by atoms with Gasteiger partial charge in [-0.25, -0.2) is 4.79 Å². The number of hydrogen-bond acceptors (Lipinski definition) is 5. The maximum Gasteiger partial charge on any atom is 0.335 e. The molecule has 8 heteroatoms. The number of aromatic carboxylic acids is 1. The lowest BCUT2D eigenvalue weighted by Crippen LogP contribution is -2.24. The lowest BCUT2D eigenvalue weighted by Gasteiger charge is -2.19. The fourth-order valence-corrected chi connectivity index (χ4v) is 4.77. The lowest BCUT2D eigenvalue weighted by molar-refractivity contribution is 0.0696. The van der Waals surface area contributed by atoms with Gasteiger partial charge in [0.25, 0.3) is 5.91 Å². The van der Waals surface area contributed by atoms with Crippen molar-refractivity contribution < 1.29 is 24.2 Å². The van der Waals surface area contributed by atoms with Crippen LogP contribution in [0.5, 0.6) is 5.75 Å². The maximum absolute atomic E-state index is 12.9. The van der Waals surface area contributed by atoms with Crippen molar-refractivity contribution in [2.45, 2.75) is 25.9 Å². The van der Waals surface area contributed by atoms with Crippen LogP contribution >= 0.6 is 0 Å². The number of carboxylic acids is 1. The number of nitrogens with zero attached hydrogens (tertiary/aromatic N) is 1. The average molecular weight is 514 g/mol. The Kier molecular flexibility index (Phi) is 7.60. The first-order chi connectivity index (χ1) is 18.5. The maximum atomic E-state index is 12.9. The smallest absolute Gasteiger partial charge is 0.335 e. The lowest BCUT2D eigenvalue weighted by atomic mass is 10.1. The largest absolute Gasteiger partial charge is 0.489 e. The Labute approximate surface area is 221 Å². The molecule has 3 aromatic carbocycles. The second kappa shape index (κ2) is 11.4. The molecule has 0 aliphatic carbocycles. The number of carboxylic acid groups (broad SMARTS) is 1. The number of rotatable bonds is 10. The standard InChI is InChI=1S/C30H31N3O5/c1-2-37-17-15-20-4-3-5-27-26(20)18-28(32-27)29(34)31-22-8-12-24(13-9-22)38-25-14-16-33(19-25)23-10-6-21(7-11-23)30(35)36/h3-13,18,25,32H,2,14-17,19H2,1H3,(H,31,34)(H,35,36)/t25-/m0/s1. The van der Waals surface area contributed by atoms with E-state index in [1.54, 1.807) is 12.1 Å². The molecular formula is C30H31N3O5. The first kappa shape index (κ1) is 25.4. The summed E-state index contributed by atoms with van der Waals surface area (Å²) in [6.07, 6.45) is 1.69. The predicted molar refractivity (Wildman–Crippen MR) is 148 cm³/mol. The van der Waals surface area contributed by atoms with E-state index < -0.39 is 5.97 Å². The van der Waals surface area contributed by atoms with Crippen LogP contribution in [0, 0.1) is 0 Å². The molecule has 1 saturated heterocycles. The van der Waals surface area contributed by atoms with E-state index in [2.05, 4.69) is 21.3 Å². The number of carbonyl (C=O) groups is 2. The molecule has 1 fully saturated rings.